The summed E-state index contributed by atoms with van der Waals surface area (Å²) < 4.78 is 39.3. The van der Waals surface area contributed by atoms with E-state index in [-0.39, 0.29) is 19.0 Å². The Morgan fingerprint density at radius 2 is 1.57 bits per heavy atom. The van der Waals surface area contributed by atoms with Crippen LogP contribution in [-0.2, 0) is 42.2 Å². The first-order chi connectivity index (χ1) is 19.6. The van der Waals surface area contributed by atoms with Gasteiger partial charge < -0.3 is 14.4 Å². The topological polar surface area (TPSA) is 93.2 Å². The van der Waals surface area contributed by atoms with E-state index < -0.39 is 27.7 Å². The number of methoxy groups -OCH3 is 1. The Bertz CT molecular complexity index is 1590. The zero-order chi connectivity index (χ0) is 31.0. The molecule has 0 spiro atoms. The van der Waals surface area contributed by atoms with Gasteiger partial charge in [0.15, 0.2) is 6.10 Å². The van der Waals surface area contributed by atoms with Crippen molar-refractivity contribution in [3.8, 4) is 11.1 Å². The summed E-state index contributed by atoms with van der Waals surface area (Å²) in [6.07, 6.45) is -0.0426. The Balaban J connectivity index is 2.09. The molecular formula is C33H40N2O6S. The Hall–Kier alpha value is -3.69. The highest BCUT2D eigenvalue weighted by atomic mass is 32.2. The van der Waals surface area contributed by atoms with Crippen LogP contribution in [0, 0.1) is 20.8 Å². The quantitative estimate of drug-likeness (QED) is 0.331. The van der Waals surface area contributed by atoms with Crippen molar-refractivity contribution in [3.05, 3.63) is 88.0 Å². The number of esters is 1. The molecular weight excluding hydrogens is 552 g/mol. The van der Waals surface area contributed by atoms with Gasteiger partial charge in [-0.1, -0.05) is 60.2 Å². The van der Waals surface area contributed by atoms with Crippen LogP contribution in [0.25, 0.3) is 11.1 Å². The molecule has 4 rings (SSSR count). The Labute approximate surface area is 249 Å². The lowest BCUT2D eigenvalue weighted by Crippen LogP contribution is -2.39. The SMILES string of the molecule is COC(=O)[C@@H](OC(C)(C)C)c1c(C)c2c(c(C)c1-c1ccc(C)cc1)CN(Cc1ccccc1)C(=O)CN2S(C)(=O)=O. The van der Waals surface area contributed by atoms with Crippen molar-refractivity contribution < 1.29 is 27.5 Å². The minimum atomic E-state index is -3.89. The number of rotatable bonds is 7. The minimum absolute atomic E-state index is 0.198. The number of carbonyl (C=O) groups excluding carboxylic acids is 2. The van der Waals surface area contributed by atoms with Crippen molar-refractivity contribution in [2.24, 2.45) is 0 Å². The fraction of sp³-hybridized carbons (Fsp3) is 0.394. The molecule has 0 unspecified atom stereocenters. The molecule has 1 aliphatic heterocycles. The van der Waals surface area contributed by atoms with Crippen LogP contribution in [0.2, 0.25) is 0 Å². The lowest BCUT2D eigenvalue weighted by atomic mass is 9.84. The summed E-state index contributed by atoms with van der Waals surface area (Å²) in [6.45, 7) is 11.4. The monoisotopic (exact) mass is 592 g/mol. The lowest BCUT2D eigenvalue weighted by molar-refractivity contribution is -0.164. The first kappa shape index (κ1) is 31.3. The number of hydrogen-bond acceptors (Lipinski definition) is 6. The molecule has 0 saturated heterocycles. The number of anilines is 1. The lowest BCUT2D eigenvalue weighted by Gasteiger charge is -2.33. The van der Waals surface area contributed by atoms with Gasteiger partial charge in [0.1, 0.15) is 6.54 Å². The number of sulfonamides is 1. The van der Waals surface area contributed by atoms with Crippen molar-refractivity contribution in [2.45, 2.75) is 66.3 Å². The number of nitrogens with zero attached hydrogens (tertiary/aromatic N) is 2. The van der Waals surface area contributed by atoms with E-state index in [2.05, 4.69) is 0 Å². The highest BCUT2D eigenvalue weighted by Gasteiger charge is 2.39. The predicted octanol–water partition coefficient (Wildman–Crippen LogP) is 5.62. The van der Waals surface area contributed by atoms with E-state index in [1.54, 1.807) is 11.8 Å². The Morgan fingerprint density at radius 1 is 0.952 bits per heavy atom. The second kappa shape index (κ2) is 11.9. The van der Waals surface area contributed by atoms with Crippen LogP contribution < -0.4 is 4.31 Å². The molecule has 1 amide bonds. The van der Waals surface area contributed by atoms with Crippen molar-refractivity contribution >= 4 is 27.6 Å². The molecule has 224 valence electrons. The van der Waals surface area contributed by atoms with E-state index in [0.717, 1.165) is 34.1 Å². The van der Waals surface area contributed by atoms with Gasteiger partial charge >= 0.3 is 5.97 Å². The number of aryl methyl sites for hydroxylation is 1. The summed E-state index contributed by atoms with van der Waals surface area (Å²) in [4.78, 5) is 28.7. The van der Waals surface area contributed by atoms with E-state index in [0.29, 0.717) is 28.9 Å². The smallest absolute Gasteiger partial charge is 0.339 e. The van der Waals surface area contributed by atoms with Crippen LogP contribution in [0.1, 0.15) is 60.3 Å². The van der Waals surface area contributed by atoms with Gasteiger partial charge in [-0.05, 0) is 74.9 Å². The molecule has 0 aromatic heterocycles. The normalized spacial score (nSPS) is 14.8. The molecule has 3 aromatic carbocycles. The molecule has 0 saturated carbocycles. The number of fused-ring (bicyclic) bond motifs is 1. The second-order valence-corrected chi connectivity index (χ2v) is 13.8. The molecule has 0 bridgehead atoms. The summed E-state index contributed by atoms with van der Waals surface area (Å²) in [6, 6.07) is 17.6. The second-order valence-electron chi connectivity index (χ2n) is 11.9. The maximum Gasteiger partial charge on any atom is 0.339 e. The van der Waals surface area contributed by atoms with Crippen LogP contribution in [0.15, 0.2) is 54.6 Å². The first-order valence-corrected chi connectivity index (χ1v) is 15.7. The summed E-state index contributed by atoms with van der Waals surface area (Å²) >= 11 is 0. The first-order valence-electron chi connectivity index (χ1n) is 13.9. The summed E-state index contributed by atoms with van der Waals surface area (Å²) in [7, 11) is -2.58. The highest BCUT2D eigenvalue weighted by Crippen LogP contribution is 2.46. The van der Waals surface area contributed by atoms with E-state index in [9.17, 15) is 18.0 Å². The van der Waals surface area contributed by atoms with Crippen molar-refractivity contribution in [2.75, 3.05) is 24.2 Å². The van der Waals surface area contributed by atoms with Gasteiger partial charge in [-0.15, -0.1) is 0 Å². The molecule has 3 aromatic rings. The number of hydrogen-bond donors (Lipinski definition) is 0. The molecule has 1 atom stereocenters. The summed E-state index contributed by atoms with van der Waals surface area (Å²) in [5, 5.41) is 0. The third kappa shape index (κ3) is 6.52. The fourth-order valence-electron chi connectivity index (χ4n) is 5.52. The number of carbonyl (C=O) groups is 2. The van der Waals surface area contributed by atoms with Crippen LogP contribution in [-0.4, -0.2) is 50.7 Å². The van der Waals surface area contributed by atoms with E-state index in [1.165, 1.54) is 11.4 Å². The number of ether oxygens (including phenoxy) is 2. The fourth-order valence-corrected chi connectivity index (χ4v) is 6.44. The largest absolute Gasteiger partial charge is 0.467 e. The molecule has 1 aliphatic rings. The highest BCUT2D eigenvalue weighted by molar-refractivity contribution is 7.92. The molecule has 1 heterocycles. The van der Waals surface area contributed by atoms with Crippen LogP contribution in [0.3, 0.4) is 0 Å². The van der Waals surface area contributed by atoms with Gasteiger partial charge in [-0.3, -0.25) is 9.10 Å². The summed E-state index contributed by atoms with van der Waals surface area (Å²) in [5.41, 5.74) is 5.83. The van der Waals surface area contributed by atoms with Gasteiger partial charge in [0.05, 0.1) is 24.7 Å². The molecule has 0 N–H and O–H groups in total. The Kier molecular flexibility index (Phi) is 8.85. The van der Waals surface area contributed by atoms with Crippen molar-refractivity contribution in [1.29, 1.82) is 0 Å². The zero-order valence-electron chi connectivity index (χ0n) is 25.6. The maximum absolute atomic E-state index is 13.6. The zero-order valence-corrected chi connectivity index (χ0v) is 26.5. The van der Waals surface area contributed by atoms with Gasteiger partial charge in [0.2, 0.25) is 15.9 Å². The maximum atomic E-state index is 13.6. The average Bonchev–Trinajstić information content (AvgIpc) is 3.06. The van der Waals surface area contributed by atoms with Crippen LogP contribution >= 0.6 is 0 Å². The number of benzene rings is 3. The third-order valence-corrected chi connectivity index (χ3v) is 8.59. The standard InChI is InChI=1S/C33H40N2O6S/c1-21-14-16-25(17-15-21)28-22(2)26-19-34(18-24-12-10-9-11-13-24)27(36)20-35(42(8,38)39)30(26)23(3)29(28)31(32(37)40-7)41-33(4,5)6/h9-17,31H,18-20H2,1-8H3/t31-/m0/s1. The molecule has 42 heavy (non-hydrogen) atoms. The van der Waals surface area contributed by atoms with Gasteiger partial charge in [-0.2, -0.15) is 0 Å². The van der Waals surface area contributed by atoms with E-state index >= 15 is 0 Å². The average molecular weight is 593 g/mol. The molecule has 8 nitrogen and oxygen atoms in total. The number of amides is 1. The Morgan fingerprint density at radius 3 is 2.12 bits per heavy atom. The van der Waals surface area contributed by atoms with Crippen molar-refractivity contribution in [1.82, 2.24) is 4.90 Å². The molecule has 0 radical (unpaired) electrons. The van der Waals surface area contributed by atoms with Gasteiger partial charge in [0, 0.05) is 18.7 Å². The van der Waals surface area contributed by atoms with Crippen LogP contribution in [0.5, 0.6) is 0 Å². The minimum Gasteiger partial charge on any atom is -0.467 e. The van der Waals surface area contributed by atoms with Gasteiger partial charge in [0.25, 0.3) is 0 Å². The van der Waals surface area contributed by atoms with Gasteiger partial charge in [-0.25, -0.2) is 13.2 Å². The van der Waals surface area contributed by atoms with E-state index in [4.69, 9.17) is 9.47 Å². The molecule has 9 heteroatoms. The predicted molar refractivity (Wildman–Crippen MR) is 165 cm³/mol. The van der Waals surface area contributed by atoms with Crippen molar-refractivity contribution in [3.63, 3.8) is 0 Å². The third-order valence-electron chi connectivity index (χ3n) is 7.48. The van der Waals surface area contributed by atoms with Crippen LogP contribution in [0.4, 0.5) is 5.69 Å². The summed E-state index contributed by atoms with van der Waals surface area (Å²) in [5.74, 6) is -0.907. The molecule has 0 fully saturated rings. The van der Waals surface area contributed by atoms with E-state index in [1.807, 2.05) is 89.2 Å². The molecule has 0 aliphatic carbocycles.